The Labute approximate surface area is 133 Å². The molecule has 0 saturated heterocycles. The number of carbonyl (C=O) groups is 1. The van der Waals surface area contributed by atoms with Crippen LogP contribution in [0.4, 0.5) is 11.4 Å². The van der Waals surface area contributed by atoms with E-state index < -0.39 is 0 Å². The highest BCUT2D eigenvalue weighted by molar-refractivity contribution is 6.34. The van der Waals surface area contributed by atoms with Crippen LogP contribution in [0.2, 0.25) is 0 Å². The van der Waals surface area contributed by atoms with Gasteiger partial charge in [-0.15, -0.1) is 0 Å². The predicted octanol–water partition coefficient (Wildman–Crippen LogP) is 4.02. The third-order valence-electron chi connectivity index (χ3n) is 3.79. The van der Waals surface area contributed by atoms with Crippen molar-refractivity contribution in [3.63, 3.8) is 0 Å². The van der Waals surface area contributed by atoms with Crippen LogP contribution in [0.3, 0.4) is 0 Å². The van der Waals surface area contributed by atoms with Crippen LogP contribution in [0.25, 0.3) is 23.0 Å². The normalized spacial score (nSPS) is 14.8. The summed E-state index contributed by atoms with van der Waals surface area (Å²) in [6.07, 6.45) is 1.76. The lowest BCUT2D eigenvalue weighted by Gasteiger charge is -1.98. The monoisotopic (exact) mass is 302 g/mol. The zero-order valence-electron chi connectivity index (χ0n) is 12.2. The standard InChI is InChI=1S/C19H14N2O2/c20-13-5-3-4-12(10-13)18-9-8-14(23-18)11-16-15-6-1-2-7-17(15)21-19(16)22/h1-11H,20H2,(H,21,22)/b16-11+. The molecule has 0 radical (unpaired) electrons. The molecule has 1 amide bonds. The quantitative estimate of drug-likeness (QED) is 0.555. The molecule has 1 aromatic heterocycles. The summed E-state index contributed by atoms with van der Waals surface area (Å²) in [7, 11) is 0. The summed E-state index contributed by atoms with van der Waals surface area (Å²) in [4.78, 5) is 12.1. The molecule has 3 aromatic rings. The molecular weight excluding hydrogens is 288 g/mol. The molecule has 4 nitrogen and oxygen atoms in total. The first-order valence-corrected chi connectivity index (χ1v) is 7.29. The van der Waals surface area contributed by atoms with Crippen molar-refractivity contribution < 1.29 is 9.21 Å². The van der Waals surface area contributed by atoms with Gasteiger partial charge < -0.3 is 15.5 Å². The number of anilines is 2. The molecule has 112 valence electrons. The minimum absolute atomic E-state index is 0.117. The molecule has 4 heteroatoms. The Morgan fingerprint density at radius 2 is 1.87 bits per heavy atom. The third-order valence-corrected chi connectivity index (χ3v) is 3.79. The average molecular weight is 302 g/mol. The number of amides is 1. The Hall–Kier alpha value is -3.27. The van der Waals surface area contributed by atoms with E-state index in [1.54, 1.807) is 6.08 Å². The van der Waals surface area contributed by atoms with Crippen LogP contribution in [-0.2, 0) is 4.79 Å². The molecule has 2 heterocycles. The summed E-state index contributed by atoms with van der Waals surface area (Å²) in [5.74, 6) is 1.23. The van der Waals surface area contributed by atoms with Crippen molar-refractivity contribution in [2.24, 2.45) is 0 Å². The van der Waals surface area contributed by atoms with Crippen LogP contribution < -0.4 is 11.1 Å². The number of nitrogen functional groups attached to an aromatic ring is 1. The van der Waals surface area contributed by atoms with Crippen molar-refractivity contribution >= 4 is 28.9 Å². The van der Waals surface area contributed by atoms with Crippen molar-refractivity contribution in [3.8, 4) is 11.3 Å². The first-order chi connectivity index (χ1) is 11.2. The average Bonchev–Trinajstić information content (AvgIpc) is 3.13. The van der Waals surface area contributed by atoms with Crippen LogP contribution in [0, 0.1) is 0 Å². The van der Waals surface area contributed by atoms with Crippen molar-refractivity contribution in [3.05, 3.63) is 72.0 Å². The molecule has 0 saturated carbocycles. The van der Waals surface area contributed by atoms with Crippen LogP contribution >= 0.6 is 0 Å². The second kappa shape index (κ2) is 5.18. The van der Waals surface area contributed by atoms with Gasteiger partial charge in [-0.05, 0) is 36.4 Å². The fourth-order valence-corrected chi connectivity index (χ4v) is 2.70. The Balaban J connectivity index is 1.72. The van der Waals surface area contributed by atoms with Gasteiger partial charge in [-0.1, -0.05) is 30.3 Å². The van der Waals surface area contributed by atoms with Crippen molar-refractivity contribution in [1.82, 2.24) is 0 Å². The Bertz CT molecular complexity index is 938. The van der Waals surface area contributed by atoms with Gasteiger partial charge in [-0.2, -0.15) is 0 Å². The largest absolute Gasteiger partial charge is 0.457 e. The Morgan fingerprint density at radius 3 is 2.74 bits per heavy atom. The van der Waals surface area contributed by atoms with E-state index in [1.165, 1.54) is 0 Å². The first-order valence-electron chi connectivity index (χ1n) is 7.29. The van der Waals surface area contributed by atoms with E-state index in [0.717, 1.165) is 22.6 Å². The van der Waals surface area contributed by atoms with Crippen LogP contribution in [-0.4, -0.2) is 5.91 Å². The fraction of sp³-hybridized carbons (Fsp3) is 0. The fourth-order valence-electron chi connectivity index (χ4n) is 2.70. The highest BCUT2D eigenvalue weighted by Gasteiger charge is 2.23. The van der Waals surface area contributed by atoms with Crippen LogP contribution in [0.15, 0.2) is 65.1 Å². The molecule has 0 aliphatic carbocycles. The van der Waals surface area contributed by atoms with Gasteiger partial charge >= 0.3 is 0 Å². The number of carbonyl (C=O) groups excluding carboxylic acids is 1. The SMILES string of the molecule is Nc1cccc(-c2ccc(/C=C3/C(=O)Nc4ccccc43)o2)c1. The topological polar surface area (TPSA) is 68.3 Å². The summed E-state index contributed by atoms with van der Waals surface area (Å²) in [6, 6.07) is 18.8. The third kappa shape index (κ3) is 2.40. The van der Waals surface area contributed by atoms with Gasteiger partial charge in [-0.25, -0.2) is 0 Å². The molecule has 0 unspecified atom stereocenters. The predicted molar refractivity (Wildman–Crippen MR) is 91.5 cm³/mol. The number of furan rings is 1. The van der Waals surface area contributed by atoms with Gasteiger partial charge in [0, 0.05) is 22.5 Å². The number of hydrogen-bond acceptors (Lipinski definition) is 3. The van der Waals surface area contributed by atoms with Gasteiger partial charge in [0.05, 0.1) is 5.57 Å². The summed E-state index contributed by atoms with van der Waals surface area (Å²) in [5, 5.41) is 2.85. The lowest BCUT2D eigenvalue weighted by atomic mass is 10.1. The van der Waals surface area contributed by atoms with E-state index in [9.17, 15) is 4.79 Å². The van der Waals surface area contributed by atoms with Crippen LogP contribution in [0.5, 0.6) is 0 Å². The molecule has 1 aliphatic rings. The molecule has 0 bridgehead atoms. The lowest BCUT2D eigenvalue weighted by molar-refractivity contribution is -0.110. The second-order valence-corrected chi connectivity index (χ2v) is 5.39. The molecule has 0 fully saturated rings. The highest BCUT2D eigenvalue weighted by atomic mass is 16.3. The van der Waals surface area contributed by atoms with E-state index in [-0.39, 0.29) is 5.91 Å². The second-order valence-electron chi connectivity index (χ2n) is 5.39. The number of fused-ring (bicyclic) bond motifs is 1. The number of nitrogens with two attached hydrogens (primary N) is 1. The summed E-state index contributed by atoms with van der Waals surface area (Å²) in [5.41, 5.74) is 9.71. The smallest absolute Gasteiger partial charge is 0.256 e. The van der Waals surface area contributed by atoms with E-state index in [1.807, 2.05) is 60.7 Å². The lowest BCUT2D eigenvalue weighted by Crippen LogP contribution is -2.03. The van der Waals surface area contributed by atoms with Crippen LogP contribution in [0.1, 0.15) is 11.3 Å². The molecule has 0 atom stereocenters. The van der Waals surface area contributed by atoms with E-state index in [0.29, 0.717) is 17.0 Å². The molecule has 0 spiro atoms. The zero-order valence-corrected chi connectivity index (χ0v) is 12.2. The summed E-state index contributed by atoms with van der Waals surface area (Å²) < 4.78 is 5.84. The van der Waals surface area contributed by atoms with E-state index >= 15 is 0 Å². The van der Waals surface area contributed by atoms with Gasteiger partial charge in [0.15, 0.2) is 0 Å². The molecule has 1 aliphatic heterocycles. The maximum atomic E-state index is 12.1. The van der Waals surface area contributed by atoms with Gasteiger partial charge in [-0.3, -0.25) is 4.79 Å². The number of nitrogens with one attached hydrogen (secondary N) is 1. The van der Waals surface area contributed by atoms with E-state index in [4.69, 9.17) is 10.2 Å². The minimum Gasteiger partial charge on any atom is -0.457 e. The van der Waals surface area contributed by atoms with Gasteiger partial charge in [0.1, 0.15) is 11.5 Å². The van der Waals surface area contributed by atoms with Crippen molar-refractivity contribution in [1.29, 1.82) is 0 Å². The van der Waals surface area contributed by atoms with E-state index in [2.05, 4.69) is 5.32 Å². The minimum atomic E-state index is -0.117. The molecule has 3 N–H and O–H groups in total. The number of hydrogen-bond donors (Lipinski definition) is 2. The number of rotatable bonds is 2. The molecule has 4 rings (SSSR count). The summed E-state index contributed by atoms with van der Waals surface area (Å²) in [6.45, 7) is 0. The number of para-hydroxylation sites is 1. The molecule has 23 heavy (non-hydrogen) atoms. The molecular formula is C19H14N2O2. The van der Waals surface area contributed by atoms with Gasteiger partial charge in [0.2, 0.25) is 0 Å². The van der Waals surface area contributed by atoms with Crippen molar-refractivity contribution in [2.75, 3.05) is 11.1 Å². The maximum absolute atomic E-state index is 12.1. The Kier molecular flexibility index (Phi) is 3.01. The van der Waals surface area contributed by atoms with Gasteiger partial charge in [0.25, 0.3) is 5.91 Å². The zero-order chi connectivity index (χ0) is 15.8. The Morgan fingerprint density at radius 1 is 1.00 bits per heavy atom. The highest BCUT2D eigenvalue weighted by Crippen LogP contribution is 2.33. The molecule has 2 aromatic carbocycles. The maximum Gasteiger partial charge on any atom is 0.256 e. The number of benzene rings is 2. The van der Waals surface area contributed by atoms with Crippen molar-refractivity contribution in [2.45, 2.75) is 0 Å². The first kappa shape index (κ1) is 13.4. The summed E-state index contributed by atoms with van der Waals surface area (Å²) >= 11 is 0.